The standard InChI is InChI=1S/C20H24N2O5S/c1-10(2)27-19(24)16-11(3)21-20-22(18(23)12(4)28-20)17(16)13-7-8-14(25-5)15(9-13)26-6/h7-10,12,17H,1-6H3/t12-,17-/m0/s1. The lowest BCUT2D eigenvalue weighted by Crippen LogP contribution is -2.40. The molecule has 0 spiro atoms. The molecule has 0 aromatic heterocycles. The van der Waals surface area contributed by atoms with E-state index >= 15 is 0 Å². The number of nitrogens with zero attached hydrogens (tertiary/aromatic N) is 2. The Morgan fingerprint density at radius 1 is 1.21 bits per heavy atom. The Morgan fingerprint density at radius 3 is 2.50 bits per heavy atom. The van der Waals surface area contributed by atoms with Crippen molar-refractivity contribution < 1.29 is 23.8 Å². The number of esters is 1. The van der Waals surface area contributed by atoms with E-state index < -0.39 is 12.0 Å². The molecule has 7 nitrogen and oxygen atoms in total. The van der Waals surface area contributed by atoms with Crippen LogP contribution in [-0.4, -0.2) is 47.5 Å². The topological polar surface area (TPSA) is 77.4 Å². The first-order chi connectivity index (χ1) is 13.3. The van der Waals surface area contributed by atoms with Crippen LogP contribution in [0.3, 0.4) is 0 Å². The van der Waals surface area contributed by atoms with Crippen molar-refractivity contribution in [2.24, 2.45) is 4.99 Å². The summed E-state index contributed by atoms with van der Waals surface area (Å²) in [6, 6.07) is 4.73. The van der Waals surface area contributed by atoms with Crippen molar-refractivity contribution in [3.63, 3.8) is 0 Å². The molecule has 0 N–H and O–H groups in total. The predicted molar refractivity (Wildman–Crippen MR) is 108 cm³/mol. The van der Waals surface area contributed by atoms with Crippen LogP contribution in [0.5, 0.6) is 11.5 Å². The van der Waals surface area contributed by atoms with E-state index in [9.17, 15) is 9.59 Å². The molecule has 1 aromatic carbocycles. The Kier molecular flexibility index (Phi) is 5.69. The van der Waals surface area contributed by atoms with Crippen molar-refractivity contribution in [3.8, 4) is 11.5 Å². The van der Waals surface area contributed by atoms with Gasteiger partial charge in [-0.15, -0.1) is 0 Å². The van der Waals surface area contributed by atoms with Crippen molar-refractivity contribution in [1.29, 1.82) is 0 Å². The highest BCUT2D eigenvalue weighted by molar-refractivity contribution is 8.15. The first kappa shape index (κ1) is 20.3. The number of fused-ring (bicyclic) bond motifs is 1. The maximum Gasteiger partial charge on any atom is 0.338 e. The van der Waals surface area contributed by atoms with Gasteiger partial charge in [-0.2, -0.15) is 0 Å². The molecule has 0 aliphatic carbocycles. The summed E-state index contributed by atoms with van der Waals surface area (Å²) in [4.78, 5) is 31.9. The van der Waals surface area contributed by atoms with E-state index in [-0.39, 0.29) is 17.3 Å². The van der Waals surface area contributed by atoms with Crippen LogP contribution in [0.15, 0.2) is 34.5 Å². The molecular formula is C20H24N2O5S. The Morgan fingerprint density at radius 2 is 1.89 bits per heavy atom. The lowest BCUT2D eigenvalue weighted by molar-refractivity contribution is -0.143. The van der Waals surface area contributed by atoms with Gasteiger partial charge in [-0.25, -0.2) is 9.79 Å². The number of thioether (sulfide) groups is 1. The SMILES string of the molecule is COc1ccc([C@H]2C(C(=O)OC(C)C)=C(C)N=C3S[C@@H](C)C(=O)N32)cc1OC. The van der Waals surface area contributed by atoms with E-state index in [1.807, 2.05) is 13.0 Å². The lowest BCUT2D eigenvalue weighted by Gasteiger charge is -2.33. The van der Waals surface area contributed by atoms with E-state index in [0.717, 1.165) is 5.56 Å². The molecule has 1 saturated heterocycles. The van der Waals surface area contributed by atoms with Gasteiger partial charge in [0.05, 0.1) is 42.9 Å². The van der Waals surface area contributed by atoms with Crippen molar-refractivity contribution in [1.82, 2.24) is 4.90 Å². The fourth-order valence-electron chi connectivity index (χ4n) is 3.28. The number of rotatable bonds is 5. The minimum atomic E-state index is -0.636. The smallest absolute Gasteiger partial charge is 0.338 e. The van der Waals surface area contributed by atoms with Crippen molar-refractivity contribution in [2.75, 3.05) is 14.2 Å². The quantitative estimate of drug-likeness (QED) is 0.701. The van der Waals surface area contributed by atoms with E-state index in [1.165, 1.54) is 11.8 Å². The highest BCUT2D eigenvalue weighted by atomic mass is 32.2. The number of benzene rings is 1. The van der Waals surface area contributed by atoms with Crippen molar-refractivity contribution >= 4 is 28.8 Å². The summed E-state index contributed by atoms with van der Waals surface area (Å²) in [5, 5.41) is 0.325. The Balaban J connectivity index is 2.16. The van der Waals surface area contributed by atoms with Gasteiger partial charge in [-0.1, -0.05) is 17.8 Å². The van der Waals surface area contributed by atoms with Gasteiger partial charge in [0.15, 0.2) is 16.7 Å². The van der Waals surface area contributed by atoms with Gasteiger partial charge < -0.3 is 14.2 Å². The molecule has 1 amide bonds. The second-order valence-electron chi connectivity index (χ2n) is 6.83. The van der Waals surface area contributed by atoms with E-state index in [2.05, 4.69) is 4.99 Å². The van der Waals surface area contributed by atoms with Crippen LogP contribution < -0.4 is 9.47 Å². The molecule has 28 heavy (non-hydrogen) atoms. The molecule has 0 bridgehead atoms. The molecule has 0 saturated carbocycles. The lowest BCUT2D eigenvalue weighted by atomic mass is 9.94. The number of carbonyl (C=O) groups is 2. The predicted octanol–water partition coefficient (Wildman–Crippen LogP) is 3.30. The van der Waals surface area contributed by atoms with Crippen LogP contribution in [0.4, 0.5) is 0 Å². The Labute approximate surface area is 168 Å². The molecule has 0 unspecified atom stereocenters. The highest BCUT2D eigenvalue weighted by Gasteiger charge is 2.46. The monoisotopic (exact) mass is 404 g/mol. The van der Waals surface area contributed by atoms with Crippen LogP contribution >= 0.6 is 11.8 Å². The summed E-state index contributed by atoms with van der Waals surface area (Å²) in [5.74, 6) is 0.516. The average molecular weight is 404 g/mol. The minimum absolute atomic E-state index is 0.0918. The normalized spacial score (nSPS) is 21.6. The molecule has 1 fully saturated rings. The number of ether oxygens (including phenoxy) is 3. The third kappa shape index (κ3) is 3.48. The maximum absolute atomic E-state index is 12.9. The van der Waals surface area contributed by atoms with Gasteiger partial charge in [0.25, 0.3) is 0 Å². The highest BCUT2D eigenvalue weighted by Crippen LogP contribution is 2.44. The zero-order chi connectivity index (χ0) is 20.6. The number of aliphatic imine (C=N–C) groups is 1. The number of allylic oxidation sites excluding steroid dienone is 1. The summed E-state index contributed by atoms with van der Waals surface area (Å²) < 4.78 is 16.2. The fourth-order valence-corrected chi connectivity index (χ4v) is 4.31. The first-order valence-electron chi connectivity index (χ1n) is 9.00. The van der Waals surface area contributed by atoms with Crippen LogP contribution in [-0.2, 0) is 14.3 Å². The summed E-state index contributed by atoms with van der Waals surface area (Å²) in [7, 11) is 3.10. The summed E-state index contributed by atoms with van der Waals surface area (Å²) in [6.45, 7) is 7.18. The van der Waals surface area contributed by atoms with E-state index in [1.54, 1.807) is 52.0 Å². The summed E-state index contributed by atoms with van der Waals surface area (Å²) in [5.41, 5.74) is 1.63. The second kappa shape index (κ2) is 7.87. The van der Waals surface area contributed by atoms with Gasteiger partial charge in [0.1, 0.15) is 0 Å². The van der Waals surface area contributed by atoms with E-state index in [0.29, 0.717) is 27.9 Å². The third-order valence-corrected chi connectivity index (χ3v) is 5.60. The first-order valence-corrected chi connectivity index (χ1v) is 9.88. The molecule has 150 valence electrons. The number of carbonyl (C=O) groups excluding carboxylic acids is 2. The molecule has 2 aliphatic rings. The summed E-state index contributed by atoms with van der Waals surface area (Å²) >= 11 is 1.39. The molecular weight excluding hydrogens is 380 g/mol. The molecule has 2 heterocycles. The van der Waals surface area contributed by atoms with Crippen LogP contribution in [0.25, 0.3) is 0 Å². The zero-order valence-corrected chi connectivity index (χ0v) is 17.6. The van der Waals surface area contributed by atoms with Crippen molar-refractivity contribution in [2.45, 2.75) is 45.1 Å². The van der Waals surface area contributed by atoms with Gasteiger partial charge in [0, 0.05) is 0 Å². The Hall–Kier alpha value is -2.48. The number of methoxy groups -OCH3 is 2. The van der Waals surface area contributed by atoms with Gasteiger partial charge >= 0.3 is 5.97 Å². The molecule has 2 atom stereocenters. The number of amidine groups is 1. The van der Waals surface area contributed by atoms with Crippen LogP contribution in [0.2, 0.25) is 0 Å². The molecule has 1 aromatic rings. The molecule has 0 radical (unpaired) electrons. The van der Waals surface area contributed by atoms with Gasteiger partial charge in [-0.05, 0) is 45.4 Å². The number of hydrogen-bond acceptors (Lipinski definition) is 7. The van der Waals surface area contributed by atoms with Gasteiger partial charge in [0.2, 0.25) is 5.91 Å². The number of amides is 1. The maximum atomic E-state index is 12.9. The zero-order valence-electron chi connectivity index (χ0n) is 16.8. The molecule has 8 heteroatoms. The van der Waals surface area contributed by atoms with E-state index in [4.69, 9.17) is 14.2 Å². The largest absolute Gasteiger partial charge is 0.493 e. The molecule has 3 rings (SSSR count). The minimum Gasteiger partial charge on any atom is -0.493 e. The summed E-state index contributed by atoms with van der Waals surface area (Å²) in [6.07, 6.45) is -0.285. The second-order valence-corrected chi connectivity index (χ2v) is 8.14. The number of hydrogen-bond donors (Lipinski definition) is 0. The Bertz CT molecular complexity index is 877. The van der Waals surface area contributed by atoms with Crippen molar-refractivity contribution in [3.05, 3.63) is 35.0 Å². The third-order valence-electron chi connectivity index (χ3n) is 4.54. The average Bonchev–Trinajstić information content (AvgIpc) is 2.92. The molecule has 2 aliphatic heterocycles. The van der Waals surface area contributed by atoms with Crippen LogP contribution in [0.1, 0.15) is 39.3 Å². The van der Waals surface area contributed by atoms with Crippen LogP contribution in [0, 0.1) is 0 Å². The van der Waals surface area contributed by atoms with Gasteiger partial charge in [-0.3, -0.25) is 9.69 Å². The fraction of sp³-hybridized carbons (Fsp3) is 0.450.